The fourth-order valence-corrected chi connectivity index (χ4v) is 2.66. The van der Waals surface area contributed by atoms with Crippen LogP contribution < -0.4 is 5.32 Å². The summed E-state index contributed by atoms with van der Waals surface area (Å²) in [6, 6.07) is 0.681. The summed E-state index contributed by atoms with van der Waals surface area (Å²) in [5.74, 6) is 0. The molecule has 4 heteroatoms. The Labute approximate surface area is 85.6 Å². The van der Waals surface area contributed by atoms with E-state index in [4.69, 9.17) is 0 Å². The summed E-state index contributed by atoms with van der Waals surface area (Å²) in [6.07, 6.45) is 3.71. The predicted octanol–water partition coefficient (Wildman–Crippen LogP) is 1.63. The Bertz CT molecular complexity index is 341. The van der Waals surface area contributed by atoms with Crippen LogP contribution in [0, 0.1) is 0 Å². The van der Waals surface area contributed by atoms with E-state index in [2.05, 4.69) is 31.0 Å². The monoisotopic (exact) mass is 241 g/mol. The number of hydrogen-bond donors (Lipinski definition) is 1. The van der Waals surface area contributed by atoms with Crippen LogP contribution in [0.15, 0.2) is 4.60 Å². The number of hydrogen-bond acceptors (Lipinski definition) is 2. The van der Waals surface area contributed by atoms with Gasteiger partial charge in [0, 0.05) is 12.1 Å². The van der Waals surface area contributed by atoms with Gasteiger partial charge in [-0.15, -0.1) is 0 Å². The Morgan fingerprint density at radius 3 is 3.00 bits per heavy atom. The van der Waals surface area contributed by atoms with Crippen molar-refractivity contribution in [3.63, 3.8) is 0 Å². The largest absolute Gasteiger partial charge is 0.311 e. The predicted molar refractivity (Wildman–Crippen MR) is 53.6 cm³/mol. The quantitative estimate of drug-likeness (QED) is 0.811. The first kappa shape index (κ1) is 8.00. The lowest BCUT2D eigenvalue weighted by atomic mass is 10.1. The molecule has 3 rings (SSSR count). The molecule has 0 spiro atoms. The van der Waals surface area contributed by atoms with E-state index in [0.29, 0.717) is 6.04 Å². The average Bonchev–Trinajstić information content (AvgIpc) is 2.94. The van der Waals surface area contributed by atoms with E-state index in [0.717, 1.165) is 19.5 Å². The van der Waals surface area contributed by atoms with E-state index >= 15 is 0 Å². The van der Waals surface area contributed by atoms with E-state index in [1.165, 1.54) is 28.7 Å². The number of nitrogens with one attached hydrogen (secondary N) is 1. The number of nitrogens with zero attached hydrogens (tertiary/aromatic N) is 2. The lowest BCUT2D eigenvalue weighted by Gasteiger charge is -2.10. The van der Waals surface area contributed by atoms with Gasteiger partial charge >= 0.3 is 0 Å². The maximum Gasteiger partial charge on any atom is 0.107 e. The number of halogens is 1. The number of aromatic nitrogens is 2. The first-order valence-electron chi connectivity index (χ1n) is 4.83. The van der Waals surface area contributed by atoms with Crippen LogP contribution in [0.25, 0.3) is 0 Å². The van der Waals surface area contributed by atoms with Crippen LogP contribution in [0.4, 0.5) is 0 Å². The van der Waals surface area contributed by atoms with Crippen molar-refractivity contribution in [2.75, 3.05) is 6.54 Å². The lowest BCUT2D eigenvalue weighted by molar-refractivity contribution is 0.597. The van der Waals surface area contributed by atoms with Crippen molar-refractivity contribution in [2.24, 2.45) is 0 Å². The third-order valence-corrected chi connectivity index (χ3v) is 3.61. The van der Waals surface area contributed by atoms with E-state index in [9.17, 15) is 0 Å². The van der Waals surface area contributed by atoms with Gasteiger partial charge in [-0.3, -0.25) is 4.68 Å². The molecule has 1 aliphatic heterocycles. The Morgan fingerprint density at radius 2 is 2.31 bits per heavy atom. The van der Waals surface area contributed by atoms with E-state index in [1.54, 1.807) is 0 Å². The van der Waals surface area contributed by atoms with Gasteiger partial charge in [-0.05, 0) is 41.7 Å². The topological polar surface area (TPSA) is 29.9 Å². The molecular weight excluding hydrogens is 230 g/mol. The van der Waals surface area contributed by atoms with Crippen molar-refractivity contribution < 1.29 is 0 Å². The van der Waals surface area contributed by atoms with Crippen molar-refractivity contribution in [3.8, 4) is 0 Å². The smallest absolute Gasteiger partial charge is 0.107 e. The van der Waals surface area contributed by atoms with Crippen molar-refractivity contribution in [2.45, 2.75) is 31.8 Å². The zero-order chi connectivity index (χ0) is 8.84. The van der Waals surface area contributed by atoms with E-state index in [1.807, 2.05) is 0 Å². The molecule has 2 aliphatic rings. The average molecular weight is 242 g/mol. The molecule has 0 aromatic carbocycles. The third-order valence-electron chi connectivity index (χ3n) is 2.76. The van der Waals surface area contributed by atoms with Crippen molar-refractivity contribution in [1.29, 1.82) is 0 Å². The molecule has 3 nitrogen and oxygen atoms in total. The Morgan fingerprint density at radius 1 is 1.46 bits per heavy atom. The molecule has 1 saturated carbocycles. The van der Waals surface area contributed by atoms with Gasteiger partial charge in [-0.25, -0.2) is 0 Å². The molecule has 1 N–H and O–H groups in total. The molecule has 70 valence electrons. The second kappa shape index (κ2) is 2.82. The molecule has 0 amide bonds. The van der Waals surface area contributed by atoms with Crippen LogP contribution >= 0.6 is 15.9 Å². The Kier molecular flexibility index (Phi) is 1.73. The molecule has 1 fully saturated rings. The highest BCUT2D eigenvalue weighted by Gasteiger charge is 2.29. The van der Waals surface area contributed by atoms with Gasteiger partial charge in [0.05, 0.1) is 11.7 Å². The summed E-state index contributed by atoms with van der Waals surface area (Å²) < 4.78 is 3.39. The summed E-state index contributed by atoms with van der Waals surface area (Å²) in [5.41, 5.74) is 2.66. The normalized spacial score (nSPS) is 21.6. The van der Waals surface area contributed by atoms with Gasteiger partial charge in [-0.1, -0.05) is 0 Å². The molecule has 1 aromatic heterocycles. The zero-order valence-corrected chi connectivity index (χ0v) is 8.97. The minimum absolute atomic E-state index is 0.681. The van der Waals surface area contributed by atoms with Crippen molar-refractivity contribution in [1.82, 2.24) is 15.1 Å². The Hall–Kier alpha value is -0.350. The first-order valence-corrected chi connectivity index (χ1v) is 5.62. The van der Waals surface area contributed by atoms with Gasteiger partial charge in [0.1, 0.15) is 4.60 Å². The van der Waals surface area contributed by atoms with E-state index < -0.39 is 0 Å². The van der Waals surface area contributed by atoms with Gasteiger partial charge in [-0.2, -0.15) is 5.10 Å². The third kappa shape index (κ3) is 1.23. The molecule has 2 heterocycles. The van der Waals surface area contributed by atoms with Crippen molar-refractivity contribution in [3.05, 3.63) is 15.9 Å². The standard InChI is InChI=1S/C9H12BrN3/c10-9-7-3-4-11-5-8(7)12-13(9)6-1-2-6/h6,11H,1-5H2. The van der Waals surface area contributed by atoms with Crippen LogP contribution in [-0.2, 0) is 13.0 Å². The SMILES string of the molecule is Brc1c2c(nn1C1CC1)CNCC2. The molecular formula is C9H12BrN3. The van der Waals surface area contributed by atoms with Crippen LogP contribution in [-0.4, -0.2) is 16.3 Å². The fourth-order valence-electron chi connectivity index (χ4n) is 1.86. The van der Waals surface area contributed by atoms with Crippen LogP contribution in [0.5, 0.6) is 0 Å². The summed E-state index contributed by atoms with van der Waals surface area (Å²) in [6.45, 7) is 2.02. The van der Waals surface area contributed by atoms with Gasteiger partial charge in [0.25, 0.3) is 0 Å². The molecule has 0 bridgehead atoms. The summed E-state index contributed by atoms with van der Waals surface area (Å²) in [4.78, 5) is 0. The molecule has 13 heavy (non-hydrogen) atoms. The lowest BCUT2D eigenvalue weighted by Crippen LogP contribution is -2.23. The van der Waals surface area contributed by atoms with Crippen LogP contribution in [0.3, 0.4) is 0 Å². The van der Waals surface area contributed by atoms with Crippen LogP contribution in [0.1, 0.15) is 30.1 Å². The zero-order valence-electron chi connectivity index (χ0n) is 7.39. The van der Waals surface area contributed by atoms with Gasteiger partial charge in [0.15, 0.2) is 0 Å². The first-order chi connectivity index (χ1) is 6.36. The maximum absolute atomic E-state index is 4.62. The molecule has 1 aromatic rings. The second-order valence-corrected chi connectivity index (χ2v) is 4.57. The van der Waals surface area contributed by atoms with Crippen molar-refractivity contribution >= 4 is 15.9 Å². The maximum atomic E-state index is 4.62. The van der Waals surface area contributed by atoms with Gasteiger partial charge in [0.2, 0.25) is 0 Å². The molecule has 0 atom stereocenters. The van der Waals surface area contributed by atoms with E-state index in [-0.39, 0.29) is 0 Å². The summed E-state index contributed by atoms with van der Waals surface area (Å²) in [5, 5.41) is 7.96. The molecule has 0 saturated heterocycles. The fraction of sp³-hybridized carbons (Fsp3) is 0.667. The Balaban J connectivity index is 2.06. The number of fused-ring (bicyclic) bond motifs is 1. The van der Waals surface area contributed by atoms with Crippen LogP contribution in [0.2, 0.25) is 0 Å². The molecule has 0 unspecified atom stereocenters. The van der Waals surface area contributed by atoms with Gasteiger partial charge < -0.3 is 5.32 Å². The highest BCUT2D eigenvalue weighted by atomic mass is 79.9. The summed E-state index contributed by atoms with van der Waals surface area (Å²) in [7, 11) is 0. The minimum Gasteiger partial charge on any atom is -0.311 e. The number of rotatable bonds is 1. The summed E-state index contributed by atoms with van der Waals surface area (Å²) >= 11 is 3.65. The molecule has 1 aliphatic carbocycles. The minimum atomic E-state index is 0.681. The molecule has 0 radical (unpaired) electrons. The highest BCUT2D eigenvalue weighted by molar-refractivity contribution is 9.10. The highest BCUT2D eigenvalue weighted by Crippen LogP contribution is 2.38. The second-order valence-electron chi connectivity index (χ2n) is 3.82.